The molecule has 0 bridgehead atoms. The summed E-state index contributed by atoms with van der Waals surface area (Å²) in [4.78, 5) is 12.4. The van der Waals surface area contributed by atoms with Gasteiger partial charge in [0, 0.05) is 23.9 Å². The van der Waals surface area contributed by atoms with Gasteiger partial charge in [0.1, 0.15) is 17.5 Å². The van der Waals surface area contributed by atoms with Crippen LogP contribution >= 0.6 is 23.2 Å². The number of methoxy groups -OCH3 is 2. The van der Waals surface area contributed by atoms with Gasteiger partial charge < -0.3 is 20.1 Å². The van der Waals surface area contributed by atoms with Crippen LogP contribution in [0.1, 0.15) is 6.92 Å². The molecule has 1 amide bonds. The van der Waals surface area contributed by atoms with E-state index in [9.17, 15) is 4.79 Å². The Morgan fingerprint density at radius 3 is 2.29 bits per heavy atom. The Morgan fingerprint density at radius 2 is 1.71 bits per heavy atom. The highest BCUT2D eigenvalue weighted by molar-refractivity contribution is 6.44. The molecule has 2 N–H and O–H groups in total. The molecule has 2 rings (SSSR count). The average Bonchev–Trinajstić information content (AvgIpc) is 2.58. The zero-order valence-corrected chi connectivity index (χ0v) is 15.0. The standard InChI is InChI=1S/C17H18Cl2N2O3/c1-10(17(22)21-15-6-4-5-14(18)16(15)19)20-11-7-12(23-2)9-13(8-11)24-3/h4-10,20H,1-3H3,(H,21,22)/t10-/m0/s1. The van der Waals surface area contributed by atoms with Crippen molar-refractivity contribution >= 4 is 40.5 Å². The van der Waals surface area contributed by atoms with E-state index in [2.05, 4.69) is 10.6 Å². The van der Waals surface area contributed by atoms with Gasteiger partial charge in [-0.25, -0.2) is 0 Å². The van der Waals surface area contributed by atoms with Crippen LogP contribution in [0.2, 0.25) is 10.0 Å². The molecule has 24 heavy (non-hydrogen) atoms. The quantitative estimate of drug-likeness (QED) is 0.790. The zero-order valence-electron chi connectivity index (χ0n) is 13.5. The molecule has 0 saturated heterocycles. The maximum absolute atomic E-state index is 12.4. The summed E-state index contributed by atoms with van der Waals surface area (Å²) in [6.07, 6.45) is 0. The number of nitrogens with one attached hydrogen (secondary N) is 2. The van der Waals surface area contributed by atoms with Crippen molar-refractivity contribution in [3.63, 3.8) is 0 Å². The number of hydrogen-bond acceptors (Lipinski definition) is 4. The summed E-state index contributed by atoms with van der Waals surface area (Å²) < 4.78 is 10.4. The largest absolute Gasteiger partial charge is 0.497 e. The van der Waals surface area contributed by atoms with Crippen LogP contribution in [0, 0.1) is 0 Å². The molecule has 0 radical (unpaired) electrons. The average molecular weight is 369 g/mol. The fourth-order valence-electron chi connectivity index (χ4n) is 2.05. The number of halogens is 2. The minimum atomic E-state index is -0.517. The van der Waals surface area contributed by atoms with Crippen molar-refractivity contribution in [1.29, 1.82) is 0 Å². The third kappa shape index (κ3) is 4.46. The van der Waals surface area contributed by atoms with Gasteiger partial charge in [-0.2, -0.15) is 0 Å². The normalized spacial score (nSPS) is 11.5. The Labute approximate surface area is 150 Å². The molecule has 2 aromatic carbocycles. The number of carbonyl (C=O) groups is 1. The summed E-state index contributed by atoms with van der Waals surface area (Å²) in [6, 6.07) is 9.85. The van der Waals surface area contributed by atoms with Gasteiger partial charge in [-0.15, -0.1) is 0 Å². The first-order valence-electron chi connectivity index (χ1n) is 7.19. The molecule has 0 aromatic heterocycles. The SMILES string of the molecule is COc1cc(N[C@@H](C)C(=O)Nc2cccc(Cl)c2Cl)cc(OC)c1. The Hall–Kier alpha value is -2.11. The summed E-state index contributed by atoms with van der Waals surface area (Å²) in [5.41, 5.74) is 1.16. The lowest BCUT2D eigenvalue weighted by atomic mass is 10.2. The fourth-order valence-corrected chi connectivity index (χ4v) is 2.40. The lowest BCUT2D eigenvalue weighted by molar-refractivity contribution is -0.116. The van der Waals surface area contributed by atoms with Gasteiger partial charge in [-0.05, 0) is 19.1 Å². The number of rotatable bonds is 6. The fraction of sp³-hybridized carbons (Fsp3) is 0.235. The van der Waals surface area contributed by atoms with Gasteiger partial charge in [-0.1, -0.05) is 29.3 Å². The molecular formula is C17H18Cl2N2O3. The number of benzene rings is 2. The summed E-state index contributed by atoms with van der Waals surface area (Å²) in [5.74, 6) is 1.01. The maximum atomic E-state index is 12.4. The van der Waals surface area contributed by atoms with Gasteiger partial charge in [0.15, 0.2) is 0 Å². The molecule has 1 atom stereocenters. The molecule has 0 aliphatic heterocycles. The molecule has 0 spiro atoms. The van der Waals surface area contributed by atoms with Crippen LogP contribution in [0.25, 0.3) is 0 Å². The van der Waals surface area contributed by atoms with E-state index in [1.807, 2.05) is 0 Å². The van der Waals surface area contributed by atoms with Gasteiger partial charge in [-0.3, -0.25) is 4.79 Å². The first-order chi connectivity index (χ1) is 11.4. The Bertz CT molecular complexity index is 716. The van der Waals surface area contributed by atoms with E-state index in [1.165, 1.54) is 0 Å². The summed E-state index contributed by atoms with van der Waals surface area (Å²) in [7, 11) is 3.13. The Morgan fingerprint density at radius 1 is 1.08 bits per heavy atom. The second kappa shape index (κ2) is 8.13. The molecule has 0 fully saturated rings. The maximum Gasteiger partial charge on any atom is 0.246 e. The van der Waals surface area contributed by atoms with E-state index in [1.54, 1.807) is 57.5 Å². The Kier molecular flexibility index (Phi) is 6.17. The van der Waals surface area contributed by atoms with E-state index in [0.717, 1.165) is 0 Å². The van der Waals surface area contributed by atoms with Crippen LogP contribution in [-0.2, 0) is 4.79 Å². The van der Waals surface area contributed by atoms with E-state index in [0.29, 0.717) is 32.9 Å². The lowest BCUT2D eigenvalue weighted by Gasteiger charge is -2.17. The van der Waals surface area contributed by atoms with Crippen molar-refractivity contribution in [2.75, 3.05) is 24.9 Å². The highest BCUT2D eigenvalue weighted by atomic mass is 35.5. The van der Waals surface area contributed by atoms with Gasteiger partial charge in [0.25, 0.3) is 0 Å². The number of carbonyl (C=O) groups excluding carboxylic acids is 1. The molecule has 0 heterocycles. The van der Waals surface area contributed by atoms with Crippen molar-refractivity contribution in [3.8, 4) is 11.5 Å². The van der Waals surface area contributed by atoms with Crippen molar-refractivity contribution in [2.24, 2.45) is 0 Å². The van der Waals surface area contributed by atoms with Crippen LogP contribution in [-0.4, -0.2) is 26.2 Å². The van der Waals surface area contributed by atoms with Crippen LogP contribution in [0.5, 0.6) is 11.5 Å². The lowest BCUT2D eigenvalue weighted by Crippen LogP contribution is -2.32. The van der Waals surface area contributed by atoms with Gasteiger partial charge in [0.05, 0.1) is 30.0 Å². The van der Waals surface area contributed by atoms with Crippen LogP contribution in [0.4, 0.5) is 11.4 Å². The van der Waals surface area contributed by atoms with Crippen LogP contribution < -0.4 is 20.1 Å². The number of amides is 1. The molecule has 5 nitrogen and oxygen atoms in total. The smallest absolute Gasteiger partial charge is 0.246 e. The minimum absolute atomic E-state index is 0.249. The molecule has 7 heteroatoms. The minimum Gasteiger partial charge on any atom is -0.497 e. The van der Waals surface area contributed by atoms with E-state index in [-0.39, 0.29) is 5.91 Å². The number of anilines is 2. The third-order valence-corrected chi connectivity index (χ3v) is 4.16. The van der Waals surface area contributed by atoms with Crippen LogP contribution in [0.3, 0.4) is 0 Å². The van der Waals surface area contributed by atoms with Gasteiger partial charge in [0.2, 0.25) is 5.91 Å². The number of hydrogen-bond donors (Lipinski definition) is 2. The molecule has 0 saturated carbocycles. The molecule has 0 aliphatic carbocycles. The van der Waals surface area contributed by atoms with Gasteiger partial charge >= 0.3 is 0 Å². The van der Waals surface area contributed by atoms with E-state index in [4.69, 9.17) is 32.7 Å². The summed E-state index contributed by atoms with van der Waals surface area (Å²) >= 11 is 12.0. The van der Waals surface area contributed by atoms with E-state index >= 15 is 0 Å². The van der Waals surface area contributed by atoms with Crippen molar-refractivity contribution < 1.29 is 14.3 Å². The molecule has 0 aliphatic rings. The van der Waals surface area contributed by atoms with E-state index < -0.39 is 6.04 Å². The van der Waals surface area contributed by atoms with Crippen molar-refractivity contribution in [3.05, 3.63) is 46.4 Å². The molecule has 0 unspecified atom stereocenters. The molecular weight excluding hydrogens is 351 g/mol. The predicted molar refractivity (Wildman–Crippen MR) is 97.7 cm³/mol. The zero-order chi connectivity index (χ0) is 17.7. The first-order valence-corrected chi connectivity index (χ1v) is 7.94. The monoisotopic (exact) mass is 368 g/mol. The van der Waals surface area contributed by atoms with Crippen molar-refractivity contribution in [2.45, 2.75) is 13.0 Å². The second-order valence-corrected chi connectivity index (χ2v) is 5.84. The second-order valence-electron chi connectivity index (χ2n) is 5.06. The first kappa shape index (κ1) is 18.2. The van der Waals surface area contributed by atoms with Crippen molar-refractivity contribution in [1.82, 2.24) is 0 Å². The highest BCUT2D eigenvalue weighted by Crippen LogP contribution is 2.30. The highest BCUT2D eigenvalue weighted by Gasteiger charge is 2.16. The summed E-state index contributed by atoms with van der Waals surface area (Å²) in [5, 5.41) is 6.54. The third-order valence-electron chi connectivity index (χ3n) is 3.34. The van der Waals surface area contributed by atoms with Crippen LogP contribution in [0.15, 0.2) is 36.4 Å². The Balaban J connectivity index is 2.10. The predicted octanol–water partition coefficient (Wildman–Crippen LogP) is 4.45. The number of ether oxygens (including phenoxy) is 2. The molecule has 128 valence electrons. The topological polar surface area (TPSA) is 59.6 Å². The summed E-state index contributed by atoms with van der Waals surface area (Å²) in [6.45, 7) is 1.74. The molecule has 2 aromatic rings.